The van der Waals surface area contributed by atoms with Crippen LogP contribution in [0.4, 0.5) is 0 Å². The van der Waals surface area contributed by atoms with E-state index < -0.39 is 0 Å². The molecule has 1 aliphatic heterocycles. The molecule has 4 heterocycles. The lowest BCUT2D eigenvalue weighted by molar-refractivity contribution is 0.269. The lowest BCUT2D eigenvalue weighted by Gasteiger charge is -2.26. The zero-order valence-corrected chi connectivity index (χ0v) is 19.8. The van der Waals surface area contributed by atoms with Crippen LogP contribution in [0, 0.1) is 6.92 Å². The molecule has 1 N–H and O–H groups in total. The Kier molecular flexibility index (Phi) is 5.76. The third-order valence-electron chi connectivity index (χ3n) is 5.58. The molecule has 0 saturated carbocycles. The molecule has 0 unspecified atom stereocenters. The van der Waals surface area contributed by atoms with E-state index in [1.165, 1.54) is 5.56 Å². The normalized spacial score (nSPS) is 18.1. The molecule has 32 heavy (non-hydrogen) atoms. The molecule has 3 aromatic heterocycles. The highest BCUT2D eigenvalue weighted by atomic mass is 79.9. The summed E-state index contributed by atoms with van der Waals surface area (Å²) >= 11 is 9.42. The predicted molar refractivity (Wildman–Crippen MR) is 132 cm³/mol. The number of pyridine rings is 2. The Labute approximate surface area is 200 Å². The molecule has 0 radical (unpaired) electrons. The van der Waals surface area contributed by atoms with Gasteiger partial charge in [0, 0.05) is 35.2 Å². The monoisotopic (exact) mass is 504 g/mol. The highest BCUT2D eigenvalue weighted by Crippen LogP contribution is 2.42. The minimum Gasteiger partial charge on any atom is -0.459 e. The Bertz CT molecular complexity index is 1250. The van der Waals surface area contributed by atoms with Crippen LogP contribution in [0.3, 0.4) is 0 Å². The van der Waals surface area contributed by atoms with E-state index in [1.54, 1.807) is 12.4 Å². The molecule has 1 aromatic carbocycles. The summed E-state index contributed by atoms with van der Waals surface area (Å²) in [6, 6.07) is 19.9. The van der Waals surface area contributed by atoms with Crippen LogP contribution in [-0.4, -0.2) is 20.0 Å². The molecule has 0 aliphatic carbocycles. The van der Waals surface area contributed by atoms with Crippen molar-refractivity contribution in [2.45, 2.75) is 25.6 Å². The lowest BCUT2D eigenvalue weighted by atomic mass is 10.0. The van der Waals surface area contributed by atoms with Gasteiger partial charge in [0.05, 0.1) is 11.7 Å². The topological polar surface area (TPSA) is 54.2 Å². The van der Waals surface area contributed by atoms with Crippen molar-refractivity contribution in [1.29, 1.82) is 0 Å². The Balaban J connectivity index is 1.55. The number of rotatable bonds is 5. The van der Waals surface area contributed by atoms with Crippen LogP contribution in [0.15, 0.2) is 88.1 Å². The molecule has 1 fully saturated rings. The van der Waals surface area contributed by atoms with E-state index in [4.69, 9.17) is 16.6 Å². The maximum Gasteiger partial charge on any atom is 0.170 e. The first-order chi connectivity index (χ1) is 15.6. The summed E-state index contributed by atoms with van der Waals surface area (Å²) in [5, 5.41) is 4.13. The molecule has 160 valence electrons. The van der Waals surface area contributed by atoms with E-state index in [0.717, 1.165) is 32.8 Å². The second-order valence-electron chi connectivity index (χ2n) is 7.80. The smallest absolute Gasteiger partial charge is 0.170 e. The van der Waals surface area contributed by atoms with Crippen LogP contribution in [0.2, 0.25) is 0 Å². The number of halogens is 1. The molecule has 2 atom stereocenters. The van der Waals surface area contributed by atoms with Gasteiger partial charge in [0.25, 0.3) is 0 Å². The Morgan fingerprint density at radius 3 is 2.75 bits per heavy atom. The van der Waals surface area contributed by atoms with E-state index in [0.29, 0.717) is 11.7 Å². The van der Waals surface area contributed by atoms with Gasteiger partial charge in [0.1, 0.15) is 17.6 Å². The van der Waals surface area contributed by atoms with Crippen molar-refractivity contribution in [2.75, 3.05) is 0 Å². The fourth-order valence-corrected chi connectivity index (χ4v) is 5.04. The summed E-state index contributed by atoms with van der Waals surface area (Å²) in [7, 11) is 0. The molecular weight excluding hydrogens is 484 g/mol. The predicted octanol–water partition coefficient (Wildman–Crippen LogP) is 5.98. The minimum absolute atomic E-state index is 0.124. The summed E-state index contributed by atoms with van der Waals surface area (Å²) < 4.78 is 7.43. The van der Waals surface area contributed by atoms with Crippen molar-refractivity contribution in [2.24, 2.45) is 0 Å². The highest BCUT2D eigenvalue weighted by Gasteiger charge is 2.41. The fourth-order valence-electron chi connectivity index (χ4n) is 4.05. The van der Waals surface area contributed by atoms with E-state index >= 15 is 0 Å². The van der Waals surface area contributed by atoms with Gasteiger partial charge in [-0.25, -0.2) is 0 Å². The molecule has 0 amide bonds. The van der Waals surface area contributed by atoms with Crippen molar-refractivity contribution in [1.82, 2.24) is 20.2 Å². The summed E-state index contributed by atoms with van der Waals surface area (Å²) in [6.07, 6.45) is 5.44. The third kappa shape index (κ3) is 4.06. The molecule has 7 heteroatoms. The quantitative estimate of drug-likeness (QED) is 0.337. The van der Waals surface area contributed by atoms with Crippen LogP contribution in [-0.2, 0) is 6.54 Å². The van der Waals surface area contributed by atoms with Crippen LogP contribution < -0.4 is 5.32 Å². The van der Waals surface area contributed by atoms with Gasteiger partial charge in [-0.15, -0.1) is 0 Å². The van der Waals surface area contributed by atoms with E-state index in [-0.39, 0.29) is 12.1 Å². The number of aryl methyl sites for hydroxylation is 1. The van der Waals surface area contributed by atoms with Crippen molar-refractivity contribution >= 4 is 33.3 Å². The Morgan fingerprint density at radius 1 is 1.09 bits per heavy atom. The molecular formula is C25H21BrN4OS. The second-order valence-corrected chi connectivity index (χ2v) is 9.04. The zero-order valence-electron chi connectivity index (χ0n) is 17.4. The van der Waals surface area contributed by atoms with Crippen molar-refractivity contribution in [3.8, 4) is 11.3 Å². The van der Waals surface area contributed by atoms with Crippen LogP contribution in [0.25, 0.3) is 11.3 Å². The average Bonchev–Trinajstić information content (AvgIpc) is 3.40. The summed E-state index contributed by atoms with van der Waals surface area (Å²) in [5.41, 5.74) is 4.21. The van der Waals surface area contributed by atoms with Gasteiger partial charge in [-0.2, -0.15) is 0 Å². The van der Waals surface area contributed by atoms with Crippen molar-refractivity contribution in [3.63, 3.8) is 0 Å². The number of hydrogen-bond acceptors (Lipinski definition) is 4. The van der Waals surface area contributed by atoms with Crippen molar-refractivity contribution in [3.05, 3.63) is 106 Å². The first-order valence-electron chi connectivity index (χ1n) is 10.3. The minimum atomic E-state index is -0.143. The standard InChI is InChI=1S/C25H21BrN4OS/c1-16-7-8-18(19(26)13-16)21-9-10-22(31-21)24-23(20-6-2-3-12-28-20)29-25(32)30(24)15-17-5-4-11-27-14-17/h2-14,23-24H,15H2,1H3,(H,29,32)/t23-,24+/m1/s1. The first-order valence-corrected chi connectivity index (χ1v) is 11.5. The van der Waals surface area contributed by atoms with Gasteiger partial charge in [-0.3, -0.25) is 9.97 Å². The molecule has 1 saturated heterocycles. The van der Waals surface area contributed by atoms with Crippen LogP contribution in [0.5, 0.6) is 0 Å². The SMILES string of the molecule is Cc1ccc(-c2ccc([C@H]3[C@@H](c4ccccn4)NC(=S)N3Cc3cccnc3)o2)c(Br)c1. The molecule has 4 aromatic rings. The zero-order chi connectivity index (χ0) is 22.1. The van der Waals surface area contributed by atoms with Gasteiger partial charge in [0.2, 0.25) is 0 Å². The van der Waals surface area contributed by atoms with Crippen LogP contribution in [0.1, 0.15) is 34.7 Å². The number of furan rings is 1. The van der Waals surface area contributed by atoms with E-state index in [1.807, 2.05) is 42.6 Å². The maximum absolute atomic E-state index is 6.43. The molecule has 5 rings (SSSR count). The summed E-state index contributed by atoms with van der Waals surface area (Å²) in [5.74, 6) is 1.64. The molecule has 5 nitrogen and oxygen atoms in total. The molecule has 0 spiro atoms. The number of aromatic nitrogens is 2. The van der Waals surface area contributed by atoms with Crippen LogP contribution >= 0.6 is 28.1 Å². The van der Waals surface area contributed by atoms with Gasteiger partial charge >= 0.3 is 0 Å². The highest BCUT2D eigenvalue weighted by molar-refractivity contribution is 9.10. The summed E-state index contributed by atoms with van der Waals surface area (Å²) in [4.78, 5) is 11.0. The molecule has 1 aliphatic rings. The summed E-state index contributed by atoms with van der Waals surface area (Å²) in [6.45, 7) is 2.69. The van der Waals surface area contributed by atoms with E-state index in [2.05, 4.69) is 67.3 Å². The second kappa shape index (κ2) is 8.84. The maximum atomic E-state index is 6.43. The Morgan fingerprint density at radius 2 is 2.00 bits per heavy atom. The number of hydrogen-bond donors (Lipinski definition) is 1. The first kappa shape index (κ1) is 20.8. The number of benzene rings is 1. The number of thiocarbonyl (C=S) groups is 1. The van der Waals surface area contributed by atoms with E-state index in [9.17, 15) is 0 Å². The van der Waals surface area contributed by atoms with Crippen molar-refractivity contribution < 1.29 is 4.42 Å². The Hall–Kier alpha value is -3.03. The average molecular weight is 505 g/mol. The number of nitrogens with one attached hydrogen (secondary N) is 1. The van der Waals surface area contributed by atoms with Gasteiger partial charge in [-0.05, 0) is 72.7 Å². The lowest BCUT2D eigenvalue weighted by Crippen LogP contribution is -2.29. The van der Waals surface area contributed by atoms with Gasteiger partial charge < -0.3 is 14.6 Å². The number of nitrogens with zero attached hydrogens (tertiary/aromatic N) is 3. The largest absolute Gasteiger partial charge is 0.459 e. The third-order valence-corrected chi connectivity index (χ3v) is 6.59. The fraction of sp³-hybridized carbons (Fsp3) is 0.160. The molecule has 0 bridgehead atoms. The van der Waals surface area contributed by atoms with Gasteiger partial charge in [-0.1, -0.05) is 34.1 Å². The van der Waals surface area contributed by atoms with Gasteiger partial charge in [0.15, 0.2) is 5.11 Å².